The molecule has 1 N–H and O–H groups in total. The molecule has 144 valence electrons. The van der Waals surface area contributed by atoms with Crippen LogP contribution in [0.1, 0.15) is 51.8 Å². The Kier molecular flexibility index (Phi) is 5.19. The van der Waals surface area contributed by atoms with E-state index in [-0.39, 0.29) is 17.6 Å². The van der Waals surface area contributed by atoms with E-state index < -0.39 is 0 Å². The largest absolute Gasteiger partial charge is 0.337 e. The van der Waals surface area contributed by atoms with E-state index in [1.165, 1.54) is 6.07 Å². The summed E-state index contributed by atoms with van der Waals surface area (Å²) in [6.07, 6.45) is 4.05. The lowest BCUT2D eigenvalue weighted by Crippen LogP contribution is -2.39. The van der Waals surface area contributed by atoms with Crippen LogP contribution >= 0.6 is 0 Å². The van der Waals surface area contributed by atoms with Gasteiger partial charge in [0, 0.05) is 43.0 Å². The van der Waals surface area contributed by atoms with Crippen LogP contribution in [-0.4, -0.2) is 39.1 Å². The minimum absolute atomic E-state index is 0.0265. The first-order valence-corrected chi connectivity index (χ1v) is 9.59. The molecule has 1 unspecified atom stereocenters. The first kappa shape index (κ1) is 18.3. The lowest BCUT2D eigenvalue weighted by atomic mass is 9.92. The number of carbonyl (C=O) groups is 1. The molecule has 0 spiro atoms. The van der Waals surface area contributed by atoms with Gasteiger partial charge in [0.25, 0.3) is 5.91 Å². The number of aryl methyl sites for hydroxylation is 1. The molecule has 1 aliphatic rings. The quantitative estimate of drug-likeness (QED) is 0.750. The molecule has 28 heavy (non-hydrogen) atoms. The van der Waals surface area contributed by atoms with Gasteiger partial charge < -0.3 is 4.90 Å². The number of benzene rings is 1. The molecular weight excluding hydrogens is 355 g/mol. The van der Waals surface area contributed by atoms with E-state index in [4.69, 9.17) is 4.98 Å². The highest BCUT2D eigenvalue weighted by molar-refractivity contribution is 5.92. The van der Waals surface area contributed by atoms with Gasteiger partial charge in [0.2, 0.25) is 0 Å². The lowest BCUT2D eigenvalue weighted by Gasteiger charge is -2.32. The van der Waals surface area contributed by atoms with Crippen molar-refractivity contribution in [3.8, 4) is 0 Å². The number of amides is 1. The molecule has 0 radical (unpaired) electrons. The average molecular weight is 378 g/mol. The topological polar surface area (TPSA) is 61.9 Å². The number of nitrogens with one attached hydrogen (secondary N) is 1. The van der Waals surface area contributed by atoms with Crippen molar-refractivity contribution in [3.63, 3.8) is 0 Å². The fraction of sp³-hybridized carbons (Fsp3) is 0.318. The van der Waals surface area contributed by atoms with Crippen molar-refractivity contribution in [1.29, 1.82) is 0 Å². The molecule has 2 aromatic heterocycles. The normalized spacial score (nSPS) is 16.9. The summed E-state index contributed by atoms with van der Waals surface area (Å²) in [6.45, 7) is 3.33. The van der Waals surface area contributed by atoms with Gasteiger partial charge >= 0.3 is 0 Å². The number of hydrogen-bond acceptors (Lipinski definition) is 3. The summed E-state index contributed by atoms with van der Waals surface area (Å²) >= 11 is 0. The number of likely N-dealkylation sites (tertiary alicyclic amines) is 1. The van der Waals surface area contributed by atoms with E-state index in [9.17, 15) is 9.18 Å². The van der Waals surface area contributed by atoms with Crippen LogP contribution in [-0.2, 0) is 6.42 Å². The maximum Gasteiger partial charge on any atom is 0.271 e. The molecule has 0 aliphatic carbocycles. The van der Waals surface area contributed by atoms with E-state index >= 15 is 0 Å². The number of piperidine rings is 1. The standard InChI is InChI=1S/C22H23FN4O/c1-15-11-16(12-17-5-2-3-7-19(17)23)13-21(25-15)18-6-4-10-27(14-18)22(28)20-8-9-24-26-20/h2-3,5,7-9,11,13,18H,4,6,10,12,14H2,1H3,(H,24,26). The number of aromatic nitrogens is 3. The molecule has 3 heterocycles. The Labute approximate surface area is 163 Å². The lowest BCUT2D eigenvalue weighted by molar-refractivity contribution is 0.0700. The van der Waals surface area contributed by atoms with E-state index in [0.29, 0.717) is 24.2 Å². The first-order valence-electron chi connectivity index (χ1n) is 9.59. The van der Waals surface area contributed by atoms with Gasteiger partial charge in [-0.3, -0.25) is 14.9 Å². The molecule has 1 aromatic carbocycles. The Hall–Kier alpha value is -3.02. The fourth-order valence-electron chi connectivity index (χ4n) is 3.89. The minimum Gasteiger partial charge on any atom is -0.337 e. The zero-order chi connectivity index (χ0) is 19.5. The van der Waals surface area contributed by atoms with Crippen LogP contribution in [0.5, 0.6) is 0 Å². The summed E-state index contributed by atoms with van der Waals surface area (Å²) in [5.74, 6) is -0.0335. The van der Waals surface area contributed by atoms with Crippen LogP contribution in [0.2, 0.25) is 0 Å². The number of rotatable bonds is 4. The second-order valence-corrected chi connectivity index (χ2v) is 7.37. The van der Waals surface area contributed by atoms with E-state index in [0.717, 1.165) is 36.3 Å². The maximum atomic E-state index is 14.0. The first-order chi connectivity index (χ1) is 13.6. The van der Waals surface area contributed by atoms with Gasteiger partial charge in [0.15, 0.2) is 0 Å². The number of carbonyl (C=O) groups excluding carboxylic acids is 1. The van der Waals surface area contributed by atoms with Crippen molar-refractivity contribution >= 4 is 5.91 Å². The second kappa shape index (κ2) is 7.92. The third-order valence-corrected chi connectivity index (χ3v) is 5.24. The summed E-state index contributed by atoms with van der Waals surface area (Å²) in [4.78, 5) is 19.2. The van der Waals surface area contributed by atoms with Crippen LogP contribution in [0.3, 0.4) is 0 Å². The number of nitrogens with zero attached hydrogens (tertiary/aromatic N) is 3. The van der Waals surface area contributed by atoms with Crippen molar-refractivity contribution < 1.29 is 9.18 Å². The number of pyridine rings is 1. The van der Waals surface area contributed by atoms with Crippen molar-refractivity contribution in [2.45, 2.75) is 32.1 Å². The average Bonchev–Trinajstić information content (AvgIpc) is 3.24. The smallest absolute Gasteiger partial charge is 0.271 e. The Balaban J connectivity index is 1.54. The molecule has 1 saturated heterocycles. The molecule has 5 nitrogen and oxygen atoms in total. The fourth-order valence-corrected chi connectivity index (χ4v) is 3.89. The number of H-pyrrole nitrogens is 1. The van der Waals surface area contributed by atoms with Crippen LogP contribution in [0.15, 0.2) is 48.7 Å². The monoisotopic (exact) mass is 378 g/mol. The van der Waals surface area contributed by atoms with Crippen molar-refractivity contribution in [1.82, 2.24) is 20.1 Å². The van der Waals surface area contributed by atoms with E-state index in [1.807, 2.05) is 30.0 Å². The van der Waals surface area contributed by atoms with Crippen LogP contribution in [0.4, 0.5) is 4.39 Å². The minimum atomic E-state index is -0.187. The zero-order valence-corrected chi connectivity index (χ0v) is 15.9. The third kappa shape index (κ3) is 3.96. The number of hydrogen-bond donors (Lipinski definition) is 1. The van der Waals surface area contributed by atoms with Gasteiger partial charge in [-0.2, -0.15) is 5.10 Å². The number of halogens is 1. The molecule has 4 rings (SSSR count). The molecule has 6 heteroatoms. The Morgan fingerprint density at radius 1 is 1.29 bits per heavy atom. The predicted octanol–water partition coefficient (Wildman–Crippen LogP) is 3.86. The van der Waals surface area contributed by atoms with Gasteiger partial charge in [-0.1, -0.05) is 18.2 Å². The molecule has 1 aliphatic heterocycles. The van der Waals surface area contributed by atoms with E-state index in [2.05, 4.69) is 16.3 Å². The Morgan fingerprint density at radius 2 is 2.14 bits per heavy atom. The molecule has 1 amide bonds. The summed E-state index contributed by atoms with van der Waals surface area (Å²) < 4.78 is 14.0. The molecule has 0 saturated carbocycles. The molecule has 1 atom stereocenters. The highest BCUT2D eigenvalue weighted by Crippen LogP contribution is 2.28. The third-order valence-electron chi connectivity index (χ3n) is 5.24. The highest BCUT2D eigenvalue weighted by atomic mass is 19.1. The Morgan fingerprint density at radius 3 is 2.93 bits per heavy atom. The summed E-state index contributed by atoms with van der Waals surface area (Å²) in [6, 6.07) is 12.6. The zero-order valence-electron chi connectivity index (χ0n) is 15.9. The summed E-state index contributed by atoms with van der Waals surface area (Å²) in [5, 5.41) is 6.62. The molecule has 0 bridgehead atoms. The van der Waals surface area contributed by atoms with Gasteiger partial charge in [0.1, 0.15) is 11.5 Å². The highest BCUT2D eigenvalue weighted by Gasteiger charge is 2.27. The van der Waals surface area contributed by atoms with Gasteiger partial charge in [-0.15, -0.1) is 0 Å². The van der Waals surface area contributed by atoms with Gasteiger partial charge in [-0.05, 0) is 55.2 Å². The predicted molar refractivity (Wildman–Crippen MR) is 105 cm³/mol. The van der Waals surface area contributed by atoms with Crippen molar-refractivity contribution in [2.75, 3.05) is 13.1 Å². The molecule has 3 aromatic rings. The van der Waals surface area contributed by atoms with E-state index in [1.54, 1.807) is 18.3 Å². The van der Waals surface area contributed by atoms with Gasteiger partial charge in [-0.25, -0.2) is 4.39 Å². The number of aromatic amines is 1. The van der Waals surface area contributed by atoms with Gasteiger partial charge in [0.05, 0.1) is 0 Å². The summed E-state index contributed by atoms with van der Waals surface area (Å²) in [7, 11) is 0. The maximum absolute atomic E-state index is 14.0. The van der Waals surface area contributed by atoms with Crippen LogP contribution in [0.25, 0.3) is 0 Å². The van der Waals surface area contributed by atoms with Crippen LogP contribution < -0.4 is 0 Å². The van der Waals surface area contributed by atoms with Crippen molar-refractivity contribution in [2.24, 2.45) is 0 Å². The second-order valence-electron chi connectivity index (χ2n) is 7.37. The SMILES string of the molecule is Cc1cc(Cc2ccccc2F)cc(C2CCCN(C(=O)c3ccn[nH]3)C2)n1. The summed E-state index contributed by atoms with van der Waals surface area (Å²) in [5.41, 5.74) is 4.13. The molecular formula is C22H23FN4O. The van der Waals surface area contributed by atoms with Crippen molar-refractivity contribution in [3.05, 3.63) is 82.7 Å². The molecule has 1 fully saturated rings. The Bertz CT molecular complexity index is 970. The van der Waals surface area contributed by atoms with Crippen LogP contribution in [0, 0.1) is 12.7 Å².